The monoisotopic (exact) mass is 754 g/mol. The molecule has 1 unspecified atom stereocenters. The minimum atomic E-state index is -0.376. The quantitative estimate of drug-likeness (QED) is 0.172. The van der Waals surface area contributed by atoms with Crippen LogP contribution in [0.5, 0.6) is 0 Å². The van der Waals surface area contributed by atoms with Gasteiger partial charge >= 0.3 is 0 Å². The molecule has 278 valence electrons. The maximum absolute atomic E-state index is 5.42. The zero-order valence-corrected chi connectivity index (χ0v) is 32.5. The summed E-state index contributed by atoms with van der Waals surface area (Å²) in [7, 11) is 0. The lowest BCUT2D eigenvalue weighted by Crippen LogP contribution is -2.33. The molecule has 1 aliphatic rings. The van der Waals surface area contributed by atoms with E-state index >= 15 is 0 Å². The van der Waals surface area contributed by atoms with Crippen molar-refractivity contribution in [2.45, 2.75) is 13.1 Å². The van der Waals surface area contributed by atoms with Crippen LogP contribution in [0.3, 0.4) is 0 Å². The smallest absolute Gasteiger partial charge is 0.160 e. The Bertz CT molecular complexity index is 3290. The van der Waals surface area contributed by atoms with E-state index in [-0.39, 0.29) is 6.17 Å². The molecule has 0 aliphatic carbocycles. The number of hydrogen-bond acceptors (Lipinski definition) is 4. The highest BCUT2D eigenvalue weighted by Gasteiger charge is 2.24. The molecule has 4 heteroatoms. The van der Waals surface area contributed by atoms with Crippen LogP contribution < -0.4 is 5.32 Å². The Morgan fingerprint density at radius 3 is 1.75 bits per heavy atom. The highest BCUT2D eigenvalue weighted by atomic mass is 15.2. The second-order valence-corrected chi connectivity index (χ2v) is 15.3. The van der Waals surface area contributed by atoms with Crippen LogP contribution in [-0.2, 0) is 0 Å². The summed E-state index contributed by atoms with van der Waals surface area (Å²) in [6.07, 6.45) is 1.57. The van der Waals surface area contributed by atoms with Crippen LogP contribution in [0.2, 0.25) is 0 Å². The number of pyridine rings is 1. The predicted octanol–water partition coefficient (Wildman–Crippen LogP) is 13.5. The number of hydrogen-bond donors (Lipinski definition) is 1. The third kappa shape index (κ3) is 6.32. The molecule has 1 aliphatic heterocycles. The predicted molar refractivity (Wildman–Crippen MR) is 247 cm³/mol. The molecule has 11 rings (SSSR count). The third-order valence-corrected chi connectivity index (χ3v) is 11.6. The molecule has 59 heavy (non-hydrogen) atoms. The van der Waals surface area contributed by atoms with Gasteiger partial charge in [0.1, 0.15) is 12.0 Å². The molecule has 4 nitrogen and oxygen atoms in total. The van der Waals surface area contributed by atoms with E-state index in [0.29, 0.717) is 5.84 Å². The van der Waals surface area contributed by atoms with Gasteiger partial charge in [0, 0.05) is 34.1 Å². The van der Waals surface area contributed by atoms with Crippen LogP contribution in [0.25, 0.3) is 76.5 Å². The van der Waals surface area contributed by atoms with Crippen LogP contribution in [0.4, 0.5) is 0 Å². The number of aromatic nitrogens is 1. The van der Waals surface area contributed by atoms with Gasteiger partial charge in [-0.05, 0) is 108 Å². The van der Waals surface area contributed by atoms with E-state index in [0.717, 1.165) is 72.2 Å². The van der Waals surface area contributed by atoms with E-state index in [1.807, 2.05) is 13.1 Å². The molecule has 1 atom stereocenters. The number of aliphatic imine (C=N–C) groups is 2. The zero-order chi connectivity index (χ0) is 39.3. The van der Waals surface area contributed by atoms with Crippen LogP contribution in [-0.4, -0.2) is 16.7 Å². The molecule has 0 saturated heterocycles. The highest BCUT2D eigenvalue weighted by Crippen LogP contribution is 2.38. The van der Waals surface area contributed by atoms with Crippen molar-refractivity contribution in [1.82, 2.24) is 10.3 Å². The molecular formula is C55H38N4. The summed E-state index contributed by atoms with van der Waals surface area (Å²) in [4.78, 5) is 15.4. The number of benzene rings is 9. The van der Waals surface area contributed by atoms with Crippen LogP contribution >= 0.6 is 0 Å². The van der Waals surface area contributed by atoms with Gasteiger partial charge in [-0.25, -0.2) is 9.98 Å². The zero-order valence-electron chi connectivity index (χ0n) is 32.5. The number of nitrogens with one attached hydrogen (secondary N) is 1. The molecule has 2 heterocycles. The molecule has 0 amide bonds. The fourth-order valence-electron chi connectivity index (χ4n) is 8.66. The lowest BCUT2D eigenvalue weighted by molar-refractivity contribution is 0.680. The minimum absolute atomic E-state index is 0.376. The summed E-state index contributed by atoms with van der Waals surface area (Å²) in [5, 5.41) is 13.4. The first-order valence-electron chi connectivity index (χ1n) is 20.1. The van der Waals surface area contributed by atoms with Crippen molar-refractivity contribution in [3.8, 4) is 33.4 Å². The van der Waals surface area contributed by atoms with Crippen molar-refractivity contribution < 1.29 is 0 Å². The Labute approximate surface area is 342 Å². The van der Waals surface area contributed by atoms with Gasteiger partial charge in [0.25, 0.3) is 0 Å². The van der Waals surface area contributed by atoms with Gasteiger partial charge in [0.2, 0.25) is 0 Å². The number of rotatable bonds is 6. The maximum atomic E-state index is 5.42. The van der Waals surface area contributed by atoms with E-state index in [1.165, 1.54) is 32.5 Å². The molecule has 1 N–H and O–H groups in total. The van der Waals surface area contributed by atoms with E-state index in [2.05, 4.69) is 204 Å². The van der Waals surface area contributed by atoms with E-state index in [4.69, 9.17) is 9.98 Å². The SMILES string of the molecule is Cc1ccc(-c2ccc(-c3cc(C4=NC(c5cccc6ccccc56)=NC(c5cccc6ccccc56)N4)cc(-c4cc5ccccc5c5ccccc45)c3)cc2)cn1. The highest BCUT2D eigenvalue weighted by molar-refractivity contribution is 6.19. The van der Waals surface area contributed by atoms with Crippen molar-refractivity contribution in [1.29, 1.82) is 0 Å². The summed E-state index contributed by atoms with van der Waals surface area (Å²) in [5.41, 5.74) is 10.8. The van der Waals surface area contributed by atoms with Crippen LogP contribution in [0.1, 0.15) is 28.6 Å². The summed E-state index contributed by atoms with van der Waals surface area (Å²) >= 11 is 0. The Kier molecular flexibility index (Phi) is 8.41. The van der Waals surface area contributed by atoms with Gasteiger partial charge in [-0.1, -0.05) is 164 Å². The lowest BCUT2D eigenvalue weighted by Gasteiger charge is -2.25. The van der Waals surface area contributed by atoms with Crippen molar-refractivity contribution >= 4 is 54.8 Å². The Balaban J connectivity index is 1.13. The minimum Gasteiger partial charge on any atom is -0.344 e. The van der Waals surface area contributed by atoms with Crippen molar-refractivity contribution in [3.63, 3.8) is 0 Å². The summed E-state index contributed by atoms with van der Waals surface area (Å²) in [5.74, 6) is 1.48. The van der Waals surface area contributed by atoms with E-state index < -0.39 is 0 Å². The molecule has 0 radical (unpaired) electrons. The standard InChI is InChI=1S/C55H38N4/c1-35-24-25-41(34-56-35)36-26-28-37(29-27-36)42-30-43(52-33-40-14-4-7-19-47(40)48-20-8-9-21-49(48)52)32-44(31-42)53-57-54(50-22-10-15-38-12-2-5-17-45(38)50)59-55(58-53)51-23-11-16-39-13-3-6-18-46(39)51/h2-34,54H,1H3,(H,57,58,59). The number of aryl methyl sites for hydroxylation is 1. The Hall–Kier alpha value is -7.69. The van der Waals surface area contributed by atoms with Gasteiger partial charge in [0.05, 0.1) is 0 Å². The number of fused-ring (bicyclic) bond motifs is 5. The average molecular weight is 755 g/mol. The maximum Gasteiger partial charge on any atom is 0.160 e. The number of nitrogens with zero attached hydrogens (tertiary/aromatic N) is 3. The summed E-state index contributed by atoms with van der Waals surface area (Å²) < 4.78 is 0. The molecule has 0 spiro atoms. The Morgan fingerprint density at radius 2 is 0.983 bits per heavy atom. The first kappa shape index (κ1) is 34.5. The van der Waals surface area contributed by atoms with Crippen LogP contribution in [0, 0.1) is 6.92 Å². The summed E-state index contributed by atoms with van der Waals surface area (Å²) in [6, 6.07) is 69.6. The van der Waals surface area contributed by atoms with E-state index in [1.54, 1.807) is 0 Å². The fraction of sp³-hybridized carbons (Fsp3) is 0.0364. The fourth-order valence-corrected chi connectivity index (χ4v) is 8.66. The lowest BCUT2D eigenvalue weighted by atomic mass is 9.90. The average Bonchev–Trinajstić information content (AvgIpc) is 3.31. The first-order valence-corrected chi connectivity index (χ1v) is 20.1. The van der Waals surface area contributed by atoms with Crippen molar-refractivity contribution in [2.75, 3.05) is 0 Å². The molecule has 0 saturated carbocycles. The van der Waals surface area contributed by atoms with Crippen LogP contribution in [0.15, 0.2) is 210 Å². The van der Waals surface area contributed by atoms with Gasteiger partial charge in [-0.15, -0.1) is 0 Å². The molecule has 9 aromatic carbocycles. The van der Waals surface area contributed by atoms with Crippen molar-refractivity contribution in [3.05, 3.63) is 223 Å². The first-order chi connectivity index (χ1) is 29.1. The third-order valence-electron chi connectivity index (χ3n) is 11.6. The second-order valence-electron chi connectivity index (χ2n) is 15.3. The largest absolute Gasteiger partial charge is 0.344 e. The van der Waals surface area contributed by atoms with Gasteiger partial charge in [0.15, 0.2) is 5.84 Å². The number of amidine groups is 2. The Morgan fingerprint density at radius 1 is 0.407 bits per heavy atom. The molecular weight excluding hydrogens is 717 g/mol. The summed E-state index contributed by atoms with van der Waals surface area (Å²) in [6.45, 7) is 2.02. The molecule has 0 bridgehead atoms. The van der Waals surface area contributed by atoms with Crippen molar-refractivity contribution in [2.24, 2.45) is 9.98 Å². The molecule has 0 fully saturated rings. The topological polar surface area (TPSA) is 49.6 Å². The second kappa shape index (κ2) is 14.4. The molecule has 1 aromatic heterocycles. The van der Waals surface area contributed by atoms with Gasteiger partial charge in [-0.2, -0.15) is 0 Å². The molecule has 10 aromatic rings. The van der Waals surface area contributed by atoms with E-state index in [9.17, 15) is 0 Å². The van der Waals surface area contributed by atoms with Gasteiger partial charge < -0.3 is 5.32 Å². The normalized spacial score (nSPS) is 14.0. The van der Waals surface area contributed by atoms with Gasteiger partial charge in [-0.3, -0.25) is 4.98 Å².